The summed E-state index contributed by atoms with van der Waals surface area (Å²) in [7, 11) is 0. The van der Waals surface area contributed by atoms with Crippen LogP contribution in [0.1, 0.15) is 67.2 Å². The Kier molecular flexibility index (Phi) is 5.33. The second-order valence-corrected chi connectivity index (χ2v) is 9.77. The number of hydrogen-bond donors (Lipinski definition) is 0. The summed E-state index contributed by atoms with van der Waals surface area (Å²) in [5, 5.41) is 5.29. The van der Waals surface area contributed by atoms with E-state index in [1.165, 1.54) is 11.5 Å². The van der Waals surface area contributed by atoms with Crippen LogP contribution in [-0.2, 0) is 0 Å². The van der Waals surface area contributed by atoms with Gasteiger partial charge in [-0.05, 0) is 61.7 Å². The van der Waals surface area contributed by atoms with Crippen molar-refractivity contribution in [3.8, 4) is 0 Å². The minimum atomic E-state index is 0.0338. The highest BCUT2D eigenvalue weighted by atomic mass is 32.1. The molecule has 8 heteroatoms. The Bertz CT molecular complexity index is 1090. The van der Waals surface area contributed by atoms with E-state index in [2.05, 4.69) is 45.5 Å². The molecule has 2 aromatic heterocycles. The first-order valence-electron chi connectivity index (χ1n) is 11.2. The van der Waals surface area contributed by atoms with E-state index < -0.39 is 0 Å². The molecule has 1 amide bonds. The standard InChI is InChI=1S/C23H28N6OS/c1-16(2)20-19(26-27-31-20)22(30)28-12-5-9-23(11-14-28)10-6-13-29(23)21-17-7-3-4-8-18(17)24-15-25-21/h3-4,7-8,15-16H,5-6,9-14H2,1-2H3/t23-/m1/s1. The van der Waals surface area contributed by atoms with E-state index >= 15 is 0 Å². The quantitative estimate of drug-likeness (QED) is 0.610. The van der Waals surface area contributed by atoms with Gasteiger partial charge in [0.1, 0.15) is 12.1 Å². The lowest BCUT2D eigenvalue weighted by Gasteiger charge is -2.39. The number of para-hydroxylation sites is 1. The molecular weight excluding hydrogens is 408 g/mol. The highest BCUT2D eigenvalue weighted by Crippen LogP contribution is 2.42. The Hall–Kier alpha value is -2.61. The highest BCUT2D eigenvalue weighted by molar-refractivity contribution is 7.05. The van der Waals surface area contributed by atoms with Crippen LogP contribution in [0.3, 0.4) is 0 Å². The highest BCUT2D eigenvalue weighted by Gasteiger charge is 2.43. The van der Waals surface area contributed by atoms with Gasteiger partial charge in [-0.1, -0.05) is 30.5 Å². The molecule has 1 aromatic carbocycles. The second kappa shape index (κ2) is 8.15. The number of amides is 1. The van der Waals surface area contributed by atoms with Gasteiger partial charge in [0.2, 0.25) is 0 Å². The molecular formula is C23H28N6OS. The zero-order valence-electron chi connectivity index (χ0n) is 18.1. The maximum Gasteiger partial charge on any atom is 0.275 e. The summed E-state index contributed by atoms with van der Waals surface area (Å²) in [6.45, 7) is 6.70. The first-order valence-corrected chi connectivity index (χ1v) is 12.0. The summed E-state index contributed by atoms with van der Waals surface area (Å²) in [4.78, 5) is 27.9. The van der Waals surface area contributed by atoms with Crippen LogP contribution in [0.25, 0.3) is 10.9 Å². The molecule has 0 bridgehead atoms. The molecule has 2 aliphatic rings. The van der Waals surface area contributed by atoms with Crippen LogP contribution in [0.4, 0.5) is 5.82 Å². The van der Waals surface area contributed by atoms with E-state index in [-0.39, 0.29) is 17.4 Å². The van der Waals surface area contributed by atoms with Gasteiger partial charge in [-0.2, -0.15) is 0 Å². The van der Waals surface area contributed by atoms with Crippen LogP contribution < -0.4 is 4.90 Å². The average Bonchev–Trinajstić information content (AvgIpc) is 3.37. The fourth-order valence-corrected chi connectivity index (χ4v) is 5.89. The third-order valence-corrected chi connectivity index (χ3v) is 7.84. The van der Waals surface area contributed by atoms with Gasteiger partial charge >= 0.3 is 0 Å². The average molecular weight is 437 g/mol. The van der Waals surface area contributed by atoms with Gasteiger partial charge in [0.25, 0.3) is 5.91 Å². The van der Waals surface area contributed by atoms with Crippen LogP contribution in [0.15, 0.2) is 30.6 Å². The van der Waals surface area contributed by atoms with E-state index in [0.29, 0.717) is 5.69 Å². The Morgan fingerprint density at radius 3 is 2.71 bits per heavy atom. The number of nitrogens with zero attached hydrogens (tertiary/aromatic N) is 6. The van der Waals surface area contributed by atoms with Gasteiger partial charge in [0.05, 0.1) is 10.4 Å². The number of carbonyl (C=O) groups excluding carboxylic acids is 1. The molecule has 31 heavy (non-hydrogen) atoms. The number of carbonyl (C=O) groups is 1. The minimum Gasteiger partial charge on any atom is -0.350 e. The Balaban J connectivity index is 1.41. The third kappa shape index (κ3) is 3.56. The largest absolute Gasteiger partial charge is 0.350 e. The number of likely N-dealkylation sites (tertiary alicyclic amines) is 1. The number of hydrogen-bond acceptors (Lipinski definition) is 7. The lowest BCUT2D eigenvalue weighted by Crippen LogP contribution is -2.45. The number of anilines is 1. The predicted octanol–water partition coefficient (Wildman–Crippen LogP) is 4.27. The van der Waals surface area contributed by atoms with Crippen LogP contribution >= 0.6 is 11.5 Å². The fourth-order valence-electron chi connectivity index (χ4n) is 5.25. The Morgan fingerprint density at radius 1 is 1.06 bits per heavy atom. The van der Waals surface area contributed by atoms with Gasteiger partial charge in [0, 0.05) is 30.6 Å². The SMILES string of the molecule is CC(C)c1snnc1C(=O)N1CCC[C@@]2(CCCN2c2ncnc3ccccc23)CC1. The van der Waals surface area contributed by atoms with Crippen molar-refractivity contribution in [2.24, 2.45) is 0 Å². The third-order valence-electron chi connectivity index (χ3n) is 6.82. The lowest BCUT2D eigenvalue weighted by atomic mass is 9.87. The van der Waals surface area contributed by atoms with E-state index in [9.17, 15) is 4.79 Å². The number of aromatic nitrogens is 4. The van der Waals surface area contributed by atoms with Crippen LogP contribution in [0, 0.1) is 0 Å². The van der Waals surface area contributed by atoms with Crippen LogP contribution in [0.5, 0.6) is 0 Å². The maximum absolute atomic E-state index is 13.3. The summed E-state index contributed by atoms with van der Waals surface area (Å²) in [5.74, 6) is 1.33. The smallest absolute Gasteiger partial charge is 0.275 e. The molecule has 2 fully saturated rings. The molecule has 0 N–H and O–H groups in total. The van der Waals surface area contributed by atoms with E-state index in [1.54, 1.807) is 6.33 Å². The van der Waals surface area contributed by atoms with Crippen molar-refractivity contribution < 1.29 is 4.79 Å². The maximum atomic E-state index is 13.3. The molecule has 0 aliphatic carbocycles. The molecule has 5 rings (SSSR count). The zero-order valence-corrected chi connectivity index (χ0v) is 18.9. The van der Waals surface area contributed by atoms with Crippen molar-refractivity contribution in [1.82, 2.24) is 24.5 Å². The van der Waals surface area contributed by atoms with Crippen molar-refractivity contribution in [3.05, 3.63) is 41.2 Å². The Morgan fingerprint density at radius 2 is 1.87 bits per heavy atom. The first-order chi connectivity index (χ1) is 15.1. The molecule has 7 nitrogen and oxygen atoms in total. The van der Waals surface area contributed by atoms with Crippen molar-refractivity contribution in [1.29, 1.82) is 0 Å². The lowest BCUT2D eigenvalue weighted by molar-refractivity contribution is 0.0752. The van der Waals surface area contributed by atoms with Gasteiger partial charge in [0.15, 0.2) is 5.69 Å². The molecule has 0 unspecified atom stereocenters. The van der Waals surface area contributed by atoms with Crippen molar-refractivity contribution in [2.75, 3.05) is 24.5 Å². The van der Waals surface area contributed by atoms with Crippen molar-refractivity contribution in [3.63, 3.8) is 0 Å². The first kappa shape index (κ1) is 20.3. The predicted molar refractivity (Wildman–Crippen MR) is 123 cm³/mol. The number of benzene rings is 1. The monoisotopic (exact) mass is 436 g/mol. The number of fused-ring (bicyclic) bond motifs is 1. The molecule has 3 aromatic rings. The molecule has 1 spiro atoms. The fraction of sp³-hybridized carbons (Fsp3) is 0.522. The second-order valence-electron chi connectivity index (χ2n) is 8.98. The summed E-state index contributed by atoms with van der Waals surface area (Å²) in [5.41, 5.74) is 1.58. The van der Waals surface area contributed by atoms with Crippen LogP contribution in [-0.4, -0.2) is 55.5 Å². The summed E-state index contributed by atoms with van der Waals surface area (Å²) < 4.78 is 4.06. The molecule has 162 valence electrons. The van der Waals surface area contributed by atoms with E-state index in [1.807, 2.05) is 17.0 Å². The number of rotatable bonds is 3. The van der Waals surface area contributed by atoms with Gasteiger partial charge in [-0.15, -0.1) is 5.10 Å². The minimum absolute atomic E-state index is 0.0338. The normalized spacial score (nSPS) is 21.9. The summed E-state index contributed by atoms with van der Waals surface area (Å²) >= 11 is 1.34. The van der Waals surface area contributed by atoms with E-state index in [0.717, 1.165) is 73.3 Å². The molecule has 2 saturated heterocycles. The summed E-state index contributed by atoms with van der Waals surface area (Å²) in [6, 6.07) is 8.24. The van der Waals surface area contributed by atoms with Gasteiger partial charge < -0.3 is 9.80 Å². The molecule has 0 radical (unpaired) electrons. The molecule has 1 atom stereocenters. The van der Waals surface area contributed by atoms with E-state index in [4.69, 9.17) is 4.98 Å². The molecule has 4 heterocycles. The van der Waals surface area contributed by atoms with Crippen LogP contribution in [0.2, 0.25) is 0 Å². The van der Waals surface area contributed by atoms with Gasteiger partial charge in [-0.25, -0.2) is 9.97 Å². The molecule has 0 saturated carbocycles. The summed E-state index contributed by atoms with van der Waals surface area (Å²) in [6.07, 6.45) is 6.98. The topological polar surface area (TPSA) is 75.1 Å². The van der Waals surface area contributed by atoms with Gasteiger partial charge in [-0.3, -0.25) is 4.79 Å². The van der Waals surface area contributed by atoms with Crippen molar-refractivity contribution >= 4 is 34.2 Å². The zero-order chi connectivity index (χ0) is 21.4. The molecule has 2 aliphatic heterocycles. The Labute approximate surface area is 186 Å². The van der Waals surface area contributed by atoms with Crippen molar-refractivity contribution in [2.45, 2.75) is 57.4 Å².